The molecule has 3 atom stereocenters. The Morgan fingerprint density at radius 3 is 2.58 bits per heavy atom. The van der Waals surface area contributed by atoms with E-state index in [1.807, 2.05) is 13.1 Å². The molecule has 1 saturated heterocycles. The SMILES string of the molecule is CNC(C)c1cc(F)ccc1N1CC2CCCC2C1. The molecule has 0 bridgehead atoms. The van der Waals surface area contributed by atoms with Crippen molar-refractivity contribution in [1.29, 1.82) is 0 Å². The van der Waals surface area contributed by atoms with Crippen molar-refractivity contribution in [2.75, 3.05) is 25.0 Å². The predicted octanol–water partition coefficient (Wildman–Crippen LogP) is 3.34. The molecule has 0 amide bonds. The Morgan fingerprint density at radius 1 is 1.26 bits per heavy atom. The number of hydrogen-bond acceptors (Lipinski definition) is 2. The monoisotopic (exact) mass is 262 g/mol. The summed E-state index contributed by atoms with van der Waals surface area (Å²) in [5.41, 5.74) is 2.31. The van der Waals surface area contributed by atoms with E-state index in [1.165, 1.54) is 24.9 Å². The fraction of sp³-hybridized carbons (Fsp3) is 0.625. The maximum atomic E-state index is 13.5. The van der Waals surface area contributed by atoms with Crippen LogP contribution in [0.5, 0.6) is 0 Å². The van der Waals surface area contributed by atoms with E-state index in [0.717, 1.165) is 30.5 Å². The third kappa shape index (κ3) is 2.36. The summed E-state index contributed by atoms with van der Waals surface area (Å²) < 4.78 is 13.5. The summed E-state index contributed by atoms with van der Waals surface area (Å²) in [6, 6.07) is 5.42. The second-order valence-electron chi connectivity index (χ2n) is 6.07. The van der Waals surface area contributed by atoms with Gasteiger partial charge in [-0.1, -0.05) is 6.42 Å². The highest BCUT2D eigenvalue weighted by molar-refractivity contribution is 5.56. The van der Waals surface area contributed by atoms with Gasteiger partial charge in [0.1, 0.15) is 5.82 Å². The molecule has 3 unspecified atom stereocenters. The summed E-state index contributed by atoms with van der Waals surface area (Å²) >= 11 is 0. The number of hydrogen-bond donors (Lipinski definition) is 1. The van der Waals surface area contributed by atoms with Gasteiger partial charge in [0.05, 0.1) is 0 Å². The zero-order chi connectivity index (χ0) is 13.4. The Kier molecular flexibility index (Phi) is 3.48. The lowest BCUT2D eigenvalue weighted by atomic mass is 10.0. The standard InChI is InChI=1S/C16H23FN2/c1-11(18-2)15-8-14(17)6-7-16(15)19-9-12-4-3-5-13(12)10-19/h6-8,11-13,18H,3-5,9-10H2,1-2H3. The molecule has 3 heteroatoms. The quantitative estimate of drug-likeness (QED) is 0.898. The van der Waals surface area contributed by atoms with Crippen LogP contribution < -0.4 is 10.2 Å². The Morgan fingerprint density at radius 2 is 1.95 bits per heavy atom. The summed E-state index contributed by atoms with van der Waals surface area (Å²) in [4.78, 5) is 2.47. The number of fused-ring (bicyclic) bond motifs is 1. The lowest BCUT2D eigenvalue weighted by Gasteiger charge is -2.25. The van der Waals surface area contributed by atoms with Gasteiger partial charge >= 0.3 is 0 Å². The number of benzene rings is 1. The van der Waals surface area contributed by atoms with E-state index in [-0.39, 0.29) is 11.9 Å². The minimum absolute atomic E-state index is 0.139. The first kappa shape index (κ1) is 12.9. The summed E-state index contributed by atoms with van der Waals surface area (Å²) in [5.74, 6) is 1.59. The van der Waals surface area contributed by atoms with Crippen molar-refractivity contribution in [2.24, 2.45) is 11.8 Å². The third-order valence-corrected chi connectivity index (χ3v) is 4.96. The first-order valence-electron chi connectivity index (χ1n) is 7.40. The molecule has 0 aromatic heterocycles. The molecule has 0 radical (unpaired) electrons. The molecule has 1 heterocycles. The molecular formula is C16H23FN2. The Labute approximate surface area is 115 Å². The van der Waals surface area contributed by atoms with Crippen LogP contribution in [-0.2, 0) is 0 Å². The van der Waals surface area contributed by atoms with Crippen LogP contribution in [0.4, 0.5) is 10.1 Å². The topological polar surface area (TPSA) is 15.3 Å². The summed E-state index contributed by atoms with van der Waals surface area (Å²) in [6.45, 7) is 4.40. The van der Waals surface area contributed by atoms with E-state index < -0.39 is 0 Å². The van der Waals surface area contributed by atoms with Gasteiger partial charge in [-0.2, -0.15) is 0 Å². The van der Waals surface area contributed by atoms with Crippen molar-refractivity contribution in [3.8, 4) is 0 Å². The molecule has 2 aliphatic rings. The number of anilines is 1. The van der Waals surface area contributed by atoms with Crippen LogP contribution >= 0.6 is 0 Å². The van der Waals surface area contributed by atoms with E-state index in [9.17, 15) is 4.39 Å². The highest BCUT2D eigenvalue weighted by Crippen LogP contribution is 2.41. The van der Waals surface area contributed by atoms with E-state index >= 15 is 0 Å². The van der Waals surface area contributed by atoms with Gasteiger partial charge in [-0.25, -0.2) is 4.39 Å². The molecule has 2 fully saturated rings. The van der Waals surface area contributed by atoms with Gasteiger partial charge in [-0.15, -0.1) is 0 Å². The highest BCUT2D eigenvalue weighted by Gasteiger charge is 2.36. The molecule has 2 nitrogen and oxygen atoms in total. The van der Waals surface area contributed by atoms with Gasteiger partial charge < -0.3 is 10.2 Å². The van der Waals surface area contributed by atoms with Crippen molar-refractivity contribution >= 4 is 5.69 Å². The fourth-order valence-corrected chi connectivity index (χ4v) is 3.75. The van der Waals surface area contributed by atoms with Crippen LogP contribution in [0.2, 0.25) is 0 Å². The molecule has 1 aromatic carbocycles. The van der Waals surface area contributed by atoms with Crippen LogP contribution in [0.25, 0.3) is 0 Å². The molecule has 1 aliphatic carbocycles. The number of nitrogens with one attached hydrogen (secondary N) is 1. The molecule has 3 rings (SSSR count). The van der Waals surface area contributed by atoms with Crippen LogP contribution in [0.3, 0.4) is 0 Å². The van der Waals surface area contributed by atoms with Gasteiger partial charge in [0.15, 0.2) is 0 Å². The van der Waals surface area contributed by atoms with Crippen LogP contribution in [0.15, 0.2) is 18.2 Å². The van der Waals surface area contributed by atoms with Crippen LogP contribution in [0, 0.1) is 17.7 Å². The summed E-state index contributed by atoms with van der Waals surface area (Å²) in [5, 5.41) is 3.23. The van der Waals surface area contributed by atoms with Gasteiger partial charge in [0.25, 0.3) is 0 Å². The number of halogens is 1. The molecule has 104 valence electrons. The lowest BCUT2D eigenvalue weighted by molar-refractivity contribution is 0.494. The van der Waals surface area contributed by atoms with Gasteiger partial charge in [0, 0.05) is 24.8 Å². The maximum absolute atomic E-state index is 13.5. The Balaban J connectivity index is 1.88. The minimum Gasteiger partial charge on any atom is -0.371 e. The van der Waals surface area contributed by atoms with Gasteiger partial charge in [-0.3, -0.25) is 0 Å². The molecule has 1 aromatic rings. The second-order valence-corrected chi connectivity index (χ2v) is 6.07. The highest BCUT2D eigenvalue weighted by atomic mass is 19.1. The molecule has 1 aliphatic heterocycles. The van der Waals surface area contributed by atoms with E-state index in [1.54, 1.807) is 12.1 Å². The fourth-order valence-electron chi connectivity index (χ4n) is 3.75. The molecule has 1 saturated carbocycles. The zero-order valence-corrected chi connectivity index (χ0v) is 11.8. The van der Waals surface area contributed by atoms with E-state index in [0.29, 0.717) is 0 Å². The zero-order valence-electron chi connectivity index (χ0n) is 11.8. The molecular weight excluding hydrogens is 239 g/mol. The van der Waals surface area contributed by atoms with Gasteiger partial charge in [0.2, 0.25) is 0 Å². The summed E-state index contributed by atoms with van der Waals surface area (Å²) in [7, 11) is 1.93. The van der Waals surface area contributed by atoms with Crippen LogP contribution in [-0.4, -0.2) is 20.1 Å². The Hall–Kier alpha value is -1.09. The van der Waals surface area contributed by atoms with E-state index in [2.05, 4.69) is 17.1 Å². The van der Waals surface area contributed by atoms with Gasteiger partial charge in [-0.05, 0) is 62.4 Å². The smallest absolute Gasteiger partial charge is 0.123 e. The van der Waals surface area contributed by atoms with Crippen molar-refractivity contribution < 1.29 is 4.39 Å². The lowest BCUT2D eigenvalue weighted by Crippen LogP contribution is -2.24. The molecule has 19 heavy (non-hydrogen) atoms. The predicted molar refractivity (Wildman–Crippen MR) is 76.9 cm³/mol. The largest absolute Gasteiger partial charge is 0.371 e. The third-order valence-electron chi connectivity index (χ3n) is 4.96. The Bertz CT molecular complexity index is 448. The maximum Gasteiger partial charge on any atom is 0.123 e. The second kappa shape index (κ2) is 5.12. The van der Waals surface area contributed by atoms with Crippen molar-refractivity contribution in [3.05, 3.63) is 29.6 Å². The first-order valence-corrected chi connectivity index (χ1v) is 7.40. The first-order chi connectivity index (χ1) is 9.19. The normalized spacial score (nSPS) is 27.6. The average molecular weight is 262 g/mol. The molecule has 0 spiro atoms. The number of rotatable bonds is 3. The van der Waals surface area contributed by atoms with Crippen molar-refractivity contribution in [1.82, 2.24) is 5.32 Å². The van der Waals surface area contributed by atoms with Crippen molar-refractivity contribution in [2.45, 2.75) is 32.2 Å². The van der Waals surface area contributed by atoms with Crippen molar-refractivity contribution in [3.63, 3.8) is 0 Å². The summed E-state index contributed by atoms with van der Waals surface area (Å²) in [6.07, 6.45) is 4.14. The molecule has 1 N–H and O–H groups in total. The number of nitrogens with zero attached hydrogens (tertiary/aromatic N) is 1. The minimum atomic E-state index is -0.139. The van der Waals surface area contributed by atoms with E-state index in [4.69, 9.17) is 0 Å². The van der Waals surface area contributed by atoms with Crippen LogP contribution in [0.1, 0.15) is 37.8 Å². The average Bonchev–Trinajstić information content (AvgIpc) is 2.98.